The Bertz CT molecular complexity index is 461. The molecular formula is C14H12CoO2-. The van der Waals surface area contributed by atoms with Gasteiger partial charge in [-0.15, -0.1) is 17.7 Å². The zero-order valence-electron chi connectivity index (χ0n) is 9.35. The molecule has 0 atom stereocenters. The van der Waals surface area contributed by atoms with Crippen LogP contribution in [0.25, 0.3) is 6.08 Å². The van der Waals surface area contributed by atoms with Gasteiger partial charge in [0.2, 0.25) is 0 Å². The van der Waals surface area contributed by atoms with Crippen molar-refractivity contribution in [1.82, 2.24) is 0 Å². The smallest absolute Gasteiger partial charge is 0.336 e. The van der Waals surface area contributed by atoms with Crippen molar-refractivity contribution in [3.63, 3.8) is 0 Å². The standard InChI is InChI=1S/C14H12O2.Co/c1-16-14(15)13-9-5-3-7-11-6-2-4-8-12(11)10-13;/h2-10H,1H3;/q-1;/b9-5-,13-10+;. The topological polar surface area (TPSA) is 26.3 Å². The van der Waals surface area contributed by atoms with Gasteiger partial charge in [0.25, 0.3) is 0 Å². The third-order valence-electron chi connectivity index (χ3n) is 2.39. The molecule has 2 radical (unpaired) electrons. The van der Waals surface area contributed by atoms with Crippen molar-refractivity contribution in [1.29, 1.82) is 0 Å². The van der Waals surface area contributed by atoms with Crippen molar-refractivity contribution in [3.8, 4) is 0 Å². The number of esters is 1. The fraction of sp³-hybridized carbons (Fsp3) is 0.0714. The fourth-order valence-corrected chi connectivity index (χ4v) is 1.57. The predicted octanol–water partition coefficient (Wildman–Crippen LogP) is 2.57. The monoisotopic (exact) mass is 271 g/mol. The Labute approximate surface area is 112 Å². The van der Waals surface area contributed by atoms with E-state index in [4.69, 9.17) is 4.74 Å². The zero-order chi connectivity index (χ0) is 11.4. The van der Waals surface area contributed by atoms with Crippen molar-refractivity contribution < 1.29 is 26.3 Å². The molecule has 0 N–H and O–H groups in total. The molecule has 2 rings (SSSR count). The van der Waals surface area contributed by atoms with Gasteiger partial charge in [0, 0.05) is 22.4 Å². The largest absolute Gasteiger partial charge is 0.465 e. The molecule has 0 aromatic heterocycles. The first-order chi connectivity index (χ1) is 7.81. The van der Waals surface area contributed by atoms with Gasteiger partial charge in [-0.2, -0.15) is 18.1 Å². The Balaban J connectivity index is 0.00000144. The van der Waals surface area contributed by atoms with Crippen molar-refractivity contribution in [2.45, 2.75) is 0 Å². The van der Waals surface area contributed by atoms with Crippen LogP contribution in [0, 0.1) is 12.8 Å². The average Bonchev–Trinajstić information content (AvgIpc) is 2.29. The Hall–Kier alpha value is -1.45. The summed E-state index contributed by atoms with van der Waals surface area (Å²) in [6.45, 7) is 0. The molecule has 0 saturated carbocycles. The van der Waals surface area contributed by atoms with Crippen LogP contribution in [0.5, 0.6) is 0 Å². The second kappa shape index (κ2) is 6.32. The summed E-state index contributed by atoms with van der Waals surface area (Å²) in [4.78, 5) is 11.5. The van der Waals surface area contributed by atoms with Gasteiger partial charge in [-0.05, 0) is 6.42 Å². The van der Waals surface area contributed by atoms with Gasteiger partial charge in [0.1, 0.15) is 0 Å². The number of allylic oxidation sites excluding steroid dienone is 1. The molecule has 1 aliphatic carbocycles. The van der Waals surface area contributed by atoms with E-state index in [2.05, 4.69) is 0 Å². The van der Waals surface area contributed by atoms with E-state index in [0.717, 1.165) is 11.1 Å². The summed E-state index contributed by atoms with van der Waals surface area (Å²) in [5, 5.41) is 0. The molecule has 0 unspecified atom stereocenters. The average molecular weight is 271 g/mol. The molecule has 3 heteroatoms. The first-order valence-electron chi connectivity index (χ1n) is 5.05. The Morgan fingerprint density at radius 1 is 1.29 bits per heavy atom. The van der Waals surface area contributed by atoms with E-state index in [0.29, 0.717) is 5.57 Å². The van der Waals surface area contributed by atoms with Crippen LogP contribution in [0.3, 0.4) is 0 Å². The normalized spacial score (nSPS) is 18.1. The third kappa shape index (κ3) is 3.25. The second-order valence-electron chi connectivity index (χ2n) is 3.44. The van der Waals surface area contributed by atoms with Crippen LogP contribution in [0.1, 0.15) is 11.1 Å². The van der Waals surface area contributed by atoms with Crippen LogP contribution in [0.15, 0.2) is 42.0 Å². The van der Waals surface area contributed by atoms with Crippen molar-refractivity contribution in [2.24, 2.45) is 0 Å². The van der Waals surface area contributed by atoms with Crippen LogP contribution >= 0.6 is 0 Å². The van der Waals surface area contributed by atoms with Crippen molar-refractivity contribution in [2.75, 3.05) is 7.11 Å². The minimum absolute atomic E-state index is 0. The molecule has 0 amide bonds. The summed E-state index contributed by atoms with van der Waals surface area (Å²) in [5.74, 6) is -0.318. The summed E-state index contributed by atoms with van der Waals surface area (Å²) in [5.41, 5.74) is 2.66. The summed E-state index contributed by atoms with van der Waals surface area (Å²) < 4.78 is 4.72. The molecule has 2 nitrogen and oxygen atoms in total. The van der Waals surface area contributed by atoms with Crippen molar-refractivity contribution in [3.05, 3.63) is 66.0 Å². The molecule has 1 aliphatic rings. The number of ether oxygens (including phenoxy) is 1. The molecule has 0 aliphatic heterocycles. The van der Waals surface area contributed by atoms with E-state index < -0.39 is 0 Å². The van der Waals surface area contributed by atoms with Gasteiger partial charge in [-0.3, -0.25) is 0 Å². The summed E-state index contributed by atoms with van der Waals surface area (Å²) in [7, 11) is 1.39. The quantitative estimate of drug-likeness (QED) is 0.579. The number of carbonyl (C=O) groups excluding carboxylic acids is 1. The van der Waals surface area contributed by atoms with Gasteiger partial charge in [-0.25, -0.2) is 4.79 Å². The van der Waals surface area contributed by atoms with E-state index in [1.807, 2.05) is 49.3 Å². The van der Waals surface area contributed by atoms with Gasteiger partial charge in [-0.1, -0.05) is 24.3 Å². The minimum Gasteiger partial charge on any atom is -0.465 e. The molecule has 17 heavy (non-hydrogen) atoms. The van der Waals surface area contributed by atoms with Crippen LogP contribution in [0.4, 0.5) is 0 Å². The number of hydrogen-bond donors (Lipinski definition) is 0. The summed E-state index contributed by atoms with van der Waals surface area (Å²) in [6, 6.07) is 7.90. The number of hydrogen-bond acceptors (Lipinski definition) is 2. The number of rotatable bonds is 1. The van der Waals surface area contributed by atoms with Crippen molar-refractivity contribution >= 4 is 12.0 Å². The Kier molecular flexibility index (Phi) is 5.06. The van der Waals surface area contributed by atoms with E-state index >= 15 is 0 Å². The molecule has 90 valence electrons. The van der Waals surface area contributed by atoms with Gasteiger partial charge >= 0.3 is 5.97 Å². The molecule has 0 bridgehead atoms. The van der Waals surface area contributed by atoms with Gasteiger partial charge in [0.15, 0.2) is 0 Å². The molecular weight excluding hydrogens is 259 g/mol. The molecule has 1 aromatic carbocycles. The molecule has 0 heterocycles. The molecule has 0 saturated heterocycles. The summed E-state index contributed by atoms with van der Waals surface area (Å²) >= 11 is 0. The number of benzene rings is 1. The number of carbonyl (C=O) groups is 1. The van der Waals surface area contributed by atoms with Crippen LogP contribution in [0.2, 0.25) is 0 Å². The summed E-state index contributed by atoms with van der Waals surface area (Å²) in [6.07, 6.45) is 9.34. The predicted molar refractivity (Wildman–Crippen MR) is 63.3 cm³/mol. The van der Waals surface area contributed by atoms with Crippen LogP contribution < -0.4 is 0 Å². The van der Waals surface area contributed by atoms with E-state index in [-0.39, 0.29) is 22.7 Å². The second-order valence-corrected chi connectivity index (χ2v) is 3.44. The first-order valence-corrected chi connectivity index (χ1v) is 5.05. The van der Waals surface area contributed by atoms with E-state index in [1.54, 1.807) is 6.08 Å². The number of methoxy groups -OCH3 is 1. The van der Waals surface area contributed by atoms with E-state index in [1.165, 1.54) is 7.11 Å². The van der Waals surface area contributed by atoms with E-state index in [9.17, 15) is 4.79 Å². The molecule has 1 aromatic rings. The zero-order valence-corrected chi connectivity index (χ0v) is 10.4. The maximum atomic E-state index is 11.5. The number of fused-ring (bicyclic) bond motifs is 1. The third-order valence-corrected chi connectivity index (χ3v) is 2.39. The van der Waals surface area contributed by atoms with Gasteiger partial charge < -0.3 is 4.74 Å². The van der Waals surface area contributed by atoms with Crippen LogP contribution in [-0.2, 0) is 26.3 Å². The minimum atomic E-state index is -0.318. The van der Waals surface area contributed by atoms with Gasteiger partial charge in [0.05, 0.1) is 7.11 Å². The molecule has 0 spiro atoms. The molecule has 0 fully saturated rings. The fourth-order valence-electron chi connectivity index (χ4n) is 1.57. The Morgan fingerprint density at radius 2 is 2.06 bits per heavy atom. The Morgan fingerprint density at radius 3 is 2.82 bits per heavy atom. The maximum Gasteiger partial charge on any atom is 0.336 e. The van der Waals surface area contributed by atoms with Crippen LogP contribution in [-0.4, -0.2) is 13.1 Å². The maximum absolute atomic E-state index is 11.5. The SMILES string of the molecule is COC(=O)C1=C/c2ccccc2[CH-][CH]/C=C\1.[Co]. The first kappa shape index (κ1) is 13.6.